The Labute approximate surface area is 188 Å². The number of azo groups is 1. The number of hydrogen-bond donors (Lipinski definition) is 4. The molecule has 0 atom stereocenters. The van der Waals surface area contributed by atoms with Gasteiger partial charge in [-0.3, -0.25) is 9.11 Å². The van der Waals surface area contributed by atoms with E-state index < -0.39 is 51.3 Å². The van der Waals surface area contributed by atoms with E-state index in [1.54, 1.807) is 0 Å². The third kappa shape index (κ3) is 4.86. The molecule has 0 aliphatic heterocycles. The van der Waals surface area contributed by atoms with E-state index in [2.05, 4.69) is 16.8 Å². The van der Waals surface area contributed by atoms with Crippen molar-refractivity contribution in [2.45, 2.75) is 14.7 Å². The zero-order chi connectivity index (χ0) is 24.8. The number of fused-ring (bicyclic) bond motifs is 1. The lowest BCUT2D eigenvalue weighted by molar-refractivity contribution is 0.472. The second-order valence-electron chi connectivity index (χ2n) is 6.54. The SMILES string of the molecule is C=CS(=O)(=O)c1ccc(N=Nc2c(S(=O)(=O)O)cc3cc(S(=O)(=O)O)cc(N)c3c2O)cc1. The van der Waals surface area contributed by atoms with Crippen LogP contribution in [-0.2, 0) is 30.1 Å². The van der Waals surface area contributed by atoms with Gasteiger partial charge in [-0.25, -0.2) is 8.42 Å². The van der Waals surface area contributed by atoms with Gasteiger partial charge in [0.2, 0.25) is 0 Å². The van der Waals surface area contributed by atoms with Gasteiger partial charge in [0.05, 0.1) is 15.5 Å². The zero-order valence-corrected chi connectivity index (χ0v) is 18.8. The fourth-order valence-corrected chi connectivity index (χ4v) is 4.76. The first kappa shape index (κ1) is 24.3. The van der Waals surface area contributed by atoms with E-state index in [1.165, 1.54) is 24.3 Å². The van der Waals surface area contributed by atoms with E-state index in [4.69, 9.17) is 5.73 Å². The van der Waals surface area contributed by atoms with Gasteiger partial charge < -0.3 is 10.8 Å². The number of nitrogens with zero attached hydrogens (tertiary/aromatic N) is 2. The molecule has 0 saturated heterocycles. The minimum Gasteiger partial charge on any atom is -0.505 e. The topological polar surface area (TPSA) is 214 Å². The second-order valence-corrected chi connectivity index (χ2v) is 11.2. The number of sulfone groups is 1. The fourth-order valence-electron chi connectivity index (χ4n) is 2.84. The predicted molar refractivity (Wildman–Crippen MR) is 118 cm³/mol. The van der Waals surface area contributed by atoms with Crippen molar-refractivity contribution < 1.29 is 39.5 Å². The molecule has 12 nitrogen and oxygen atoms in total. The summed E-state index contributed by atoms with van der Waals surface area (Å²) in [5.74, 6) is -0.839. The van der Waals surface area contributed by atoms with Crippen molar-refractivity contribution in [3.05, 3.63) is 54.5 Å². The van der Waals surface area contributed by atoms with Crippen LogP contribution in [0.1, 0.15) is 0 Å². The first-order chi connectivity index (χ1) is 15.1. The molecule has 0 spiro atoms. The Bertz CT molecular complexity index is 1640. The molecule has 0 fully saturated rings. The van der Waals surface area contributed by atoms with Gasteiger partial charge in [-0.1, -0.05) is 6.58 Å². The summed E-state index contributed by atoms with van der Waals surface area (Å²) in [6, 6.07) is 7.37. The third-order valence-electron chi connectivity index (χ3n) is 4.38. The molecule has 0 aromatic heterocycles. The summed E-state index contributed by atoms with van der Waals surface area (Å²) in [4.78, 5) is -1.67. The number of phenolic OH excluding ortho intramolecular Hbond substituents is 1. The summed E-state index contributed by atoms with van der Waals surface area (Å²) >= 11 is 0. The number of phenols is 1. The van der Waals surface area contributed by atoms with Crippen molar-refractivity contribution in [3.8, 4) is 5.75 Å². The fraction of sp³-hybridized carbons (Fsp3) is 0. The Kier molecular flexibility index (Phi) is 6.03. The molecule has 0 bridgehead atoms. The van der Waals surface area contributed by atoms with Gasteiger partial charge in [-0.05, 0) is 47.9 Å². The van der Waals surface area contributed by atoms with Crippen LogP contribution in [0, 0.1) is 0 Å². The largest absolute Gasteiger partial charge is 0.505 e. The van der Waals surface area contributed by atoms with Crippen LogP contribution in [-0.4, -0.2) is 39.5 Å². The van der Waals surface area contributed by atoms with Crippen molar-refractivity contribution in [2.75, 3.05) is 5.73 Å². The van der Waals surface area contributed by atoms with Crippen LogP contribution in [0.15, 0.2) is 79.4 Å². The van der Waals surface area contributed by atoms with E-state index in [0.717, 1.165) is 23.6 Å². The Morgan fingerprint density at radius 2 is 1.45 bits per heavy atom. The summed E-state index contributed by atoms with van der Waals surface area (Å²) in [7, 11) is -13.4. The molecule has 33 heavy (non-hydrogen) atoms. The molecular weight excluding hydrogens is 498 g/mol. The average Bonchev–Trinajstić information content (AvgIpc) is 2.71. The number of anilines is 1. The van der Waals surface area contributed by atoms with Crippen LogP contribution < -0.4 is 5.73 Å². The quantitative estimate of drug-likeness (QED) is 0.215. The van der Waals surface area contributed by atoms with Gasteiger partial charge in [0.15, 0.2) is 15.6 Å². The lowest BCUT2D eigenvalue weighted by atomic mass is 10.1. The average molecular weight is 514 g/mol. The van der Waals surface area contributed by atoms with Crippen molar-refractivity contribution >= 4 is 57.9 Å². The molecule has 174 valence electrons. The molecule has 0 aliphatic carbocycles. The first-order valence-corrected chi connectivity index (χ1v) is 13.0. The highest BCUT2D eigenvalue weighted by Gasteiger charge is 2.24. The van der Waals surface area contributed by atoms with Gasteiger partial charge in [-0.15, -0.1) is 5.11 Å². The molecule has 0 radical (unpaired) electrons. The minimum absolute atomic E-state index is 0.0634. The summed E-state index contributed by atoms with van der Waals surface area (Å²) in [5.41, 5.74) is 4.79. The molecule has 15 heteroatoms. The summed E-state index contributed by atoms with van der Waals surface area (Å²) in [5, 5.41) is 18.3. The first-order valence-electron chi connectivity index (χ1n) is 8.58. The zero-order valence-electron chi connectivity index (χ0n) is 16.3. The van der Waals surface area contributed by atoms with E-state index >= 15 is 0 Å². The molecule has 0 saturated carbocycles. The lowest BCUT2D eigenvalue weighted by Gasteiger charge is -2.11. The van der Waals surface area contributed by atoms with Crippen molar-refractivity contribution in [2.24, 2.45) is 10.2 Å². The second kappa shape index (κ2) is 8.20. The predicted octanol–water partition coefficient (Wildman–Crippen LogP) is 2.95. The van der Waals surface area contributed by atoms with Crippen LogP contribution in [0.25, 0.3) is 10.8 Å². The molecule has 0 heterocycles. The number of rotatable bonds is 6. The van der Waals surface area contributed by atoms with Crippen LogP contribution >= 0.6 is 0 Å². The standard InChI is InChI=1S/C18H15N3O9S3/c1-2-31(23,24)12-5-3-11(4-6-12)20-21-17-15(33(28,29)30)8-10-7-13(32(25,26)27)9-14(19)16(10)18(17)22/h2-9,22H,1,19H2,(H,25,26,27)(H,28,29,30). The van der Waals surface area contributed by atoms with Crippen LogP contribution in [0.2, 0.25) is 0 Å². The number of nitrogen functional groups attached to an aromatic ring is 1. The van der Waals surface area contributed by atoms with Crippen molar-refractivity contribution in [1.82, 2.24) is 0 Å². The maximum absolute atomic E-state index is 11.9. The lowest BCUT2D eigenvalue weighted by Crippen LogP contribution is -2.02. The third-order valence-corrected chi connectivity index (χ3v) is 7.45. The number of benzene rings is 3. The molecule has 3 rings (SSSR count). The van der Waals surface area contributed by atoms with Gasteiger partial charge in [0, 0.05) is 16.5 Å². The summed E-state index contributed by atoms with van der Waals surface area (Å²) in [6.07, 6.45) is 0. The highest BCUT2D eigenvalue weighted by atomic mass is 32.2. The number of aromatic hydroxyl groups is 1. The summed E-state index contributed by atoms with van der Waals surface area (Å²) in [6.45, 7) is 3.20. The van der Waals surface area contributed by atoms with E-state index in [-0.39, 0.29) is 27.0 Å². The van der Waals surface area contributed by atoms with Gasteiger partial charge in [0.1, 0.15) is 10.6 Å². The van der Waals surface area contributed by atoms with Crippen molar-refractivity contribution in [3.63, 3.8) is 0 Å². The maximum atomic E-state index is 11.9. The smallest absolute Gasteiger partial charge is 0.296 e. The highest BCUT2D eigenvalue weighted by Crippen LogP contribution is 2.44. The number of nitrogens with two attached hydrogens (primary N) is 1. The maximum Gasteiger partial charge on any atom is 0.296 e. The van der Waals surface area contributed by atoms with Gasteiger partial charge in [-0.2, -0.15) is 21.9 Å². The Morgan fingerprint density at radius 1 is 0.848 bits per heavy atom. The van der Waals surface area contributed by atoms with Gasteiger partial charge in [0.25, 0.3) is 20.2 Å². The van der Waals surface area contributed by atoms with Crippen LogP contribution in [0.4, 0.5) is 17.1 Å². The van der Waals surface area contributed by atoms with Crippen LogP contribution in [0.3, 0.4) is 0 Å². The van der Waals surface area contributed by atoms with E-state index in [9.17, 15) is 39.5 Å². The Morgan fingerprint density at radius 3 is 1.97 bits per heavy atom. The number of hydrogen-bond acceptors (Lipinski definition) is 10. The van der Waals surface area contributed by atoms with E-state index in [1.807, 2.05) is 0 Å². The Hall–Kier alpha value is -3.37. The monoisotopic (exact) mass is 513 g/mol. The molecule has 0 unspecified atom stereocenters. The molecule has 3 aromatic rings. The summed E-state index contributed by atoms with van der Waals surface area (Å²) < 4.78 is 89.0. The minimum atomic E-state index is -5.00. The molecule has 0 aliphatic rings. The van der Waals surface area contributed by atoms with Crippen molar-refractivity contribution in [1.29, 1.82) is 0 Å². The van der Waals surface area contributed by atoms with E-state index in [0.29, 0.717) is 0 Å². The highest BCUT2D eigenvalue weighted by molar-refractivity contribution is 7.94. The van der Waals surface area contributed by atoms with Crippen LogP contribution in [0.5, 0.6) is 5.75 Å². The molecule has 0 amide bonds. The van der Waals surface area contributed by atoms with Gasteiger partial charge >= 0.3 is 0 Å². The molecular formula is C18H15N3O9S3. The molecule has 5 N–H and O–H groups in total. The normalized spacial score (nSPS) is 12.9. The molecule has 3 aromatic carbocycles. The Balaban J connectivity index is 2.23.